The zero-order valence-electron chi connectivity index (χ0n) is 18.5. The van der Waals surface area contributed by atoms with Gasteiger partial charge in [0.15, 0.2) is 0 Å². The average molecular weight is 468 g/mol. The molecule has 0 radical (unpaired) electrons. The fraction of sp³-hybridized carbons (Fsp3) is 0.636. The number of thioether (sulfide) groups is 1. The highest BCUT2D eigenvalue weighted by atomic mass is 32.2. The van der Waals surface area contributed by atoms with Crippen LogP contribution in [0.15, 0.2) is 29.2 Å². The highest BCUT2D eigenvalue weighted by Crippen LogP contribution is 2.43. The molecule has 2 N–H and O–H groups in total. The molecular weight excluding hydrogens is 434 g/mol. The van der Waals surface area contributed by atoms with E-state index in [0.717, 1.165) is 36.3 Å². The molecule has 2 amide bonds. The highest BCUT2D eigenvalue weighted by molar-refractivity contribution is 8.00. The van der Waals surface area contributed by atoms with Crippen molar-refractivity contribution in [2.45, 2.75) is 68.6 Å². The Hall–Kier alpha value is -1.58. The third-order valence-corrected chi connectivity index (χ3v) is 8.53. The second-order valence-corrected chi connectivity index (χ2v) is 12.9. The second-order valence-electron chi connectivity index (χ2n) is 9.02. The number of carbonyl (C=O) groups excluding carboxylic acids is 2. The second kappa shape index (κ2) is 9.92. The summed E-state index contributed by atoms with van der Waals surface area (Å²) >= 11 is 1.67. The highest BCUT2D eigenvalue weighted by Gasteiger charge is 2.34. The van der Waals surface area contributed by atoms with Crippen LogP contribution < -0.4 is 14.9 Å². The molecule has 0 unspecified atom stereocenters. The first-order chi connectivity index (χ1) is 14.6. The van der Waals surface area contributed by atoms with Crippen LogP contribution in [0.3, 0.4) is 0 Å². The predicted molar refractivity (Wildman–Crippen MR) is 125 cm³/mol. The standard InChI is InChI=1S/C22H33N3O4S2/c1-4-31(28,29)23-14-16-9-11-17(12-10-16)24-20(26)15-25-18-7-5-6-8-19(18)30-22(2,3)13-21(25)27/h5-8,16-17,23H,4,9-15H2,1-3H3,(H,24,26). The Kier molecular flexibility index (Phi) is 7.70. The largest absolute Gasteiger partial charge is 0.352 e. The van der Waals surface area contributed by atoms with Crippen molar-refractivity contribution in [2.24, 2.45) is 5.92 Å². The quantitative estimate of drug-likeness (QED) is 0.643. The van der Waals surface area contributed by atoms with Crippen LogP contribution in [0.1, 0.15) is 52.9 Å². The van der Waals surface area contributed by atoms with Crippen LogP contribution in [0.2, 0.25) is 0 Å². The number of hydrogen-bond acceptors (Lipinski definition) is 5. The lowest BCUT2D eigenvalue weighted by molar-refractivity contribution is -0.124. The van der Waals surface area contributed by atoms with E-state index in [0.29, 0.717) is 18.9 Å². The number of fused-ring (bicyclic) bond motifs is 1. The maximum absolute atomic E-state index is 12.9. The van der Waals surface area contributed by atoms with Gasteiger partial charge in [0.1, 0.15) is 6.54 Å². The van der Waals surface area contributed by atoms with Crippen LogP contribution in [0, 0.1) is 5.92 Å². The molecule has 7 nitrogen and oxygen atoms in total. The fourth-order valence-corrected chi connectivity index (χ4v) is 6.06. The minimum Gasteiger partial charge on any atom is -0.352 e. The Morgan fingerprint density at radius 2 is 1.87 bits per heavy atom. The molecule has 31 heavy (non-hydrogen) atoms. The van der Waals surface area contributed by atoms with Crippen molar-refractivity contribution in [3.05, 3.63) is 24.3 Å². The van der Waals surface area contributed by atoms with E-state index < -0.39 is 10.0 Å². The molecule has 1 fully saturated rings. The molecule has 1 aliphatic carbocycles. The Balaban J connectivity index is 1.55. The maximum atomic E-state index is 12.9. The van der Waals surface area contributed by atoms with Gasteiger partial charge >= 0.3 is 0 Å². The van der Waals surface area contributed by atoms with Gasteiger partial charge in [-0.1, -0.05) is 12.1 Å². The van der Waals surface area contributed by atoms with E-state index >= 15 is 0 Å². The molecule has 1 aromatic carbocycles. The van der Waals surface area contributed by atoms with Crippen LogP contribution in [0.4, 0.5) is 5.69 Å². The maximum Gasteiger partial charge on any atom is 0.240 e. The SMILES string of the molecule is CCS(=O)(=O)NCC1CCC(NC(=O)CN2C(=O)CC(C)(C)Sc3ccccc32)CC1. The third kappa shape index (κ3) is 6.70. The van der Waals surface area contributed by atoms with Crippen molar-refractivity contribution in [1.82, 2.24) is 10.0 Å². The van der Waals surface area contributed by atoms with E-state index in [9.17, 15) is 18.0 Å². The predicted octanol–water partition coefficient (Wildman–Crippen LogP) is 2.91. The van der Waals surface area contributed by atoms with Gasteiger partial charge in [-0.15, -0.1) is 11.8 Å². The molecule has 2 aliphatic rings. The van der Waals surface area contributed by atoms with Crippen molar-refractivity contribution in [2.75, 3.05) is 23.7 Å². The molecule has 1 aliphatic heterocycles. The van der Waals surface area contributed by atoms with Gasteiger partial charge in [-0.05, 0) is 64.5 Å². The van der Waals surface area contributed by atoms with Gasteiger partial charge in [-0.25, -0.2) is 13.1 Å². The first-order valence-electron chi connectivity index (χ1n) is 10.9. The zero-order chi connectivity index (χ0) is 22.6. The molecule has 1 saturated carbocycles. The molecule has 3 rings (SSSR count). The van der Waals surface area contributed by atoms with Crippen LogP contribution in [-0.2, 0) is 19.6 Å². The minimum absolute atomic E-state index is 0.0166. The van der Waals surface area contributed by atoms with Gasteiger partial charge in [0.25, 0.3) is 0 Å². The van der Waals surface area contributed by atoms with Crippen LogP contribution in [-0.4, -0.2) is 49.9 Å². The average Bonchev–Trinajstić information content (AvgIpc) is 2.80. The van der Waals surface area contributed by atoms with Crippen LogP contribution in [0.5, 0.6) is 0 Å². The lowest BCUT2D eigenvalue weighted by atomic mass is 9.86. The smallest absolute Gasteiger partial charge is 0.240 e. The summed E-state index contributed by atoms with van der Waals surface area (Å²) in [6.45, 7) is 6.21. The van der Waals surface area contributed by atoms with E-state index in [2.05, 4.69) is 23.9 Å². The van der Waals surface area contributed by atoms with Crippen LogP contribution in [0.25, 0.3) is 0 Å². The molecule has 0 atom stereocenters. The summed E-state index contributed by atoms with van der Waals surface area (Å²) in [7, 11) is -3.17. The zero-order valence-corrected chi connectivity index (χ0v) is 20.2. The lowest BCUT2D eigenvalue weighted by Crippen LogP contribution is -2.46. The summed E-state index contributed by atoms with van der Waals surface area (Å²) in [6, 6.07) is 7.81. The first kappa shape index (κ1) is 24.1. The molecule has 1 aromatic rings. The van der Waals surface area contributed by atoms with Crippen molar-refractivity contribution in [3.63, 3.8) is 0 Å². The monoisotopic (exact) mass is 467 g/mol. The van der Waals surface area contributed by atoms with Gasteiger partial charge in [0.2, 0.25) is 21.8 Å². The molecule has 0 spiro atoms. The van der Waals surface area contributed by atoms with Crippen molar-refractivity contribution in [3.8, 4) is 0 Å². The van der Waals surface area contributed by atoms with Crippen molar-refractivity contribution in [1.29, 1.82) is 0 Å². The number of sulfonamides is 1. The summed E-state index contributed by atoms with van der Waals surface area (Å²) in [4.78, 5) is 28.3. The minimum atomic E-state index is -3.17. The van der Waals surface area contributed by atoms with E-state index in [-0.39, 0.29) is 34.9 Å². The Morgan fingerprint density at radius 3 is 2.55 bits per heavy atom. The lowest BCUT2D eigenvalue weighted by Gasteiger charge is -2.30. The van der Waals surface area contributed by atoms with Gasteiger partial charge in [-0.2, -0.15) is 0 Å². The number of nitrogens with zero attached hydrogens (tertiary/aromatic N) is 1. The van der Waals surface area contributed by atoms with Gasteiger partial charge in [0, 0.05) is 28.6 Å². The van der Waals surface area contributed by atoms with E-state index in [4.69, 9.17) is 0 Å². The number of nitrogens with one attached hydrogen (secondary N) is 2. The topological polar surface area (TPSA) is 95.6 Å². The summed E-state index contributed by atoms with van der Waals surface area (Å²) in [5.41, 5.74) is 0.796. The van der Waals surface area contributed by atoms with Crippen molar-refractivity contribution >= 4 is 39.3 Å². The summed E-state index contributed by atoms with van der Waals surface area (Å²) in [5.74, 6) is 0.201. The molecule has 0 bridgehead atoms. The molecular formula is C22H33N3O4S2. The normalized spacial score (nSPS) is 23.7. The number of para-hydroxylation sites is 1. The van der Waals surface area contributed by atoms with E-state index in [1.54, 1.807) is 23.6 Å². The number of anilines is 1. The number of benzene rings is 1. The Labute approximate surface area is 189 Å². The Bertz CT molecular complexity index is 909. The van der Waals surface area contributed by atoms with Crippen LogP contribution >= 0.6 is 11.8 Å². The van der Waals surface area contributed by atoms with Gasteiger partial charge in [0.05, 0.1) is 11.4 Å². The fourth-order valence-electron chi connectivity index (χ4n) is 4.14. The summed E-state index contributed by atoms with van der Waals surface area (Å²) < 4.78 is 25.7. The van der Waals surface area contributed by atoms with Gasteiger partial charge < -0.3 is 10.2 Å². The molecule has 1 heterocycles. The number of carbonyl (C=O) groups is 2. The molecule has 0 aromatic heterocycles. The number of amides is 2. The van der Waals surface area contributed by atoms with Crippen molar-refractivity contribution < 1.29 is 18.0 Å². The van der Waals surface area contributed by atoms with Gasteiger partial charge in [-0.3, -0.25) is 9.59 Å². The number of rotatable bonds is 7. The van der Waals surface area contributed by atoms with E-state index in [1.807, 2.05) is 24.3 Å². The molecule has 9 heteroatoms. The molecule has 0 saturated heterocycles. The summed E-state index contributed by atoms with van der Waals surface area (Å²) in [5, 5.41) is 3.08. The first-order valence-corrected chi connectivity index (χ1v) is 13.4. The number of hydrogen-bond donors (Lipinski definition) is 2. The van der Waals surface area contributed by atoms with E-state index in [1.165, 1.54) is 0 Å². The third-order valence-electron chi connectivity index (χ3n) is 5.91. The Morgan fingerprint density at radius 1 is 1.19 bits per heavy atom. The molecule has 172 valence electrons. The summed E-state index contributed by atoms with van der Waals surface area (Å²) in [6.07, 6.45) is 3.74.